The molecule has 1 aliphatic carbocycles. The van der Waals surface area contributed by atoms with Crippen LogP contribution in [0.3, 0.4) is 0 Å². The summed E-state index contributed by atoms with van der Waals surface area (Å²) in [7, 11) is 1.24. The smallest absolute Gasteiger partial charge is 0.342 e. The van der Waals surface area contributed by atoms with E-state index in [-0.39, 0.29) is 62.6 Å². The van der Waals surface area contributed by atoms with Crippen LogP contribution in [-0.4, -0.2) is 58.1 Å². The first-order chi connectivity index (χ1) is 19.0. The number of furan rings is 1. The van der Waals surface area contributed by atoms with Gasteiger partial charge in [0.25, 0.3) is 0 Å². The Morgan fingerprint density at radius 3 is 1.98 bits per heavy atom. The van der Waals surface area contributed by atoms with Crippen molar-refractivity contribution in [1.82, 2.24) is 0 Å². The second-order valence-corrected chi connectivity index (χ2v) is 10.3. The molecule has 2 atom stereocenters. The Hall–Kier alpha value is -5.06. The van der Waals surface area contributed by atoms with Gasteiger partial charge in [0.2, 0.25) is 11.6 Å². The van der Waals surface area contributed by atoms with E-state index in [0.717, 1.165) is 0 Å². The quantitative estimate of drug-likeness (QED) is 0.263. The molecule has 3 aromatic carbocycles. The van der Waals surface area contributed by atoms with Gasteiger partial charge < -0.3 is 33.9 Å². The number of rotatable bonds is 1. The van der Waals surface area contributed by atoms with Crippen molar-refractivity contribution in [1.29, 1.82) is 0 Å². The number of fused-ring (bicyclic) bond motifs is 8. The number of ketones is 2. The van der Waals surface area contributed by atoms with Gasteiger partial charge in [0.1, 0.15) is 34.8 Å². The summed E-state index contributed by atoms with van der Waals surface area (Å²) in [5, 5.41) is 33.4. The first kappa shape index (κ1) is 24.0. The molecule has 11 heteroatoms. The molecule has 3 heterocycles. The van der Waals surface area contributed by atoms with E-state index in [0.29, 0.717) is 11.1 Å². The molecule has 40 heavy (non-hydrogen) atoms. The van der Waals surface area contributed by atoms with Gasteiger partial charge in [0.05, 0.1) is 29.0 Å². The summed E-state index contributed by atoms with van der Waals surface area (Å²) in [5.41, 5.74) is -0.649. The second kappa shape index (κ2) is 7.75. The normalized spacial score (nSPS) is 19.6. The van der Waals surface area contributed by atoms with E-state index in [9.17, 15) is 34.5 Å². The van der Waals surface area contributed by atoms with E-state index in [1.807, 2.05) is 0 Å². The Labute approximate surface area is 224 Å². The summed E-state index contributed by atoms with van der Waals surface area (Å²) in [6, 6.07) is 2.88. The van der Waals surface area contributed by atoms with Crippen LogP contribution < -0.4 is 4.74 Å². The average Bonchev–Trinajstić information content (AvgIpc) is 3.27. The highest BCUT2D eigenvalue weighted by Crippen LogP contribution is 2.52. The number of benzene rings is 3. The van der Waals surface area contributed by atoms with Crippen LogP contribution in [0.15, 0.2) is 16.5 Å². The molecule has 202 valence electrons. The first-order valence-electron chi connectivity index (χ1n) is 12.5. The van der Waals surface area contributed by atoms with Crippen LogP contribution in [0.1, 0.15) is 77.7 Å². The molecule has 0 amide bonds. The maximum absolute atomic E-state index is 13.9. The van der Waals surface area contributed by atoms with Crippen molar-refractivity contribution in [2.75, 3.05) is 7.11 Å². The lowest BCUT2D eigenvalue weighted by molar-refractivity contribution is 0.0286. The molecule has 0 fully saturated rings. The minimum absolute atomic E-state index is 0.0704. The van der Waals surface area contributed by atoms with E-state index in [1.54, 1.807) is 13.8 Å². The van der Waals surface area contributed by atoms with Crippen LogP contribution in [0.25, 0.3) is 21.7 Å². The largest absolute Gasteiger partial charge is 0.506 e. The van der Waals surface area contributed by atoms with Crippen molar-refractivity contribution in [2.24, 2.45) is 0 Å². The maximum atomic E-state index is 13.9. The lowest BCUT2D eigenvalue weighted by atomic mass is 9.82. The van der Waals surface area contributed by atoms with Crippen molar-refractivity contribution >= 4 is 45.2 Å². The molecule has 0 spiro atoms. The second-order valence-electron chi connectivity index (χ2n) is 10.3. The number of aromatic hydroxyl groups is 3. The zero-order valence-electron chi connectivity index (χ0n) is 21.3. The number of cyclic esters (lactones) is 2. The zero-order valence-corrected chi connectivity index (χ0v) is 21.3. The first-order valence-corrected chi connectivity index (χ1v) is 12.5. The molecule has 7 rings (SSSR count). The van der Waals surface area contributed by atoms with Gasteiger partial charge in [-0.25, -0.2) is 9.59 Å². The average molecular weight is 544 g/mol. The molecule has 0 bridgehead atoms. The van der Waals surface area contributed by atoms with Crippen molar-refractivity contribution < 1.29 is 53.1 Å². The number of ether oxygens (including phenoxy) is 3. The van der Waals surface area contributed by atoms with Gasteiger partial charge in [-0.3, -0.25) is 9.59 Å². The van der Waals surface area contributed by atoms with Crippen molar-refractivity contribution in [3.8, 4) is 23.0 Å². The summed E-state index contributed by atoms with van der Waals surface area (Å²) in [4.78, 5) is 52.9. The third-order valence-corrected chi connectivity index (χ3v) is 7.75. The van der Waals surface area contributed by atoms with Crippen LogP contribution in [0.5, 0.6) is 23.0 Å². The summed E-state index contributed by atoms with van der Waals surface area (Å²) in [6.07, 6.45) is -0.476. The SMILES string of the molecule is COc1c(O)c2cc3c(c(O)c2c2oc4c(c12)C(=O)c1c(cc2c(c1O)C(=O)OC(C)C2)C4=O)C(=O)OC(C)C3. The lowest BCUT2D eigenvalue weighted by Crippen LogP contribution is -2.28. The van der Waals surface area contributed by atoms with Crippen LogP contribution in [-0.2, 0) is 22.3 Å². The number of carbonyl (C=O) groups is 4. The van der Waals surface area contributed by atoms with Crippen LogP contribution in [0.2, 0.25) is 0 Å². The van der Waals surface area contributed by atoms with E-state index in [2.05, 4.69) is 0 Å². The highest BCUT2D eigenvalue weighted by Gasteiger charge is 2.43. The van der Waals surface area contributed by atoms with Crippen LogP contribution in [0.4, 0.5) is 0 Å². The van der Waals surface area contributed by atoms with E-state index in [4.69, 9.17) is 18.6 Å². The number of hydrogen-bond acceptors (Lipinski definition) is 11. The molecule has 1 aromatic heterocycles. The monoisotopic (exact) mass is 544 g/mol. The van der Waals surface area contributed by atoms with Crippen molar-refractivity contribution in [3.63, 3.8) is 0 Å². The summed E-state index contributed by atoms with van der Waals surface area (Å²) < 4.78 is 21.9. The molecule has 3 N–H and O–H groups in total. The molecule has 2 aliphatic heterocycles. The molecule has 2 unspecified atom stereocenters. The van der Waals surface area contributed by atoms with Gasteiger partial charge in [0, 0.05) is 23.8 Å². The number of phenols is 3. The minimum Gasteiger partial charge on any atom is -0.506 e. The summed E-state index contributed by atoms with van der Waals surface area (Å²) in [5.74, 6) is -5.55. The number of hydrogen-bond donors (Lipinski definition) is 3. The fourth-order valence-electron chi connectivity index (χ4n) is 6.12. The van der Waals surface area contributed by atoms with E-state index < -0.39 is 64.3 Å². The molecule has 0 saturated carbocycles. The van der Waals surface area contributed by atoms with E-state index >= 15 is 0 Å². The van der Waals surface area contributed by atoms with Crippen molar-refractivity contribution in [2.45, 2.75) is 38.9 Å². The summed E-state index contributed by atoms with van der Waals surface area (Å²) in [6.45, 7) is 3.35. The Kier molecular flexibility index (Phi) is 4.65. The highest BCUT2D eigenvalue weighted by molar-refractivity contribution is 6.35. The Bertz CT molecular complexity index is 1930. The Balaban J connectivity index is 1.58. The fraction of sp³-hybridized carbons (Fsp3) is 0.241. The van der Waals surface area contributed by atoms with Crippen molar-refractivity contribution in [3.05, 3.63) is 56.8 Å². The Morgan fingerprint density at radius 1 is 0.750 bits per heavy atom. The fourth-order valence-corrected chi connectivity index (χ4v) is 6.12. The Morgan fingerprint density at radius 2 is 1.35 bits per heavy atom. The molecule has 3 aliphatic rings. The third-order valence-electron chi connectivity index (χ3n) is 7.75. The van der Waals surface area contributed by atoms with Gasteiger partial charge in [-0.15, -0.1) is 0 Å². The van der Waals surface area contributed by atoms with Gasteiger partial charge in [-0.05, 0) is 37.1 Å². The van der Waals surface area contributed by atoms with Crippen LogP contribution >= 0.6 is 0 Å². The number of esters is 2. The minimum atomic E-state index is -0.863. The van der Waals surface area contributed by atoms with Gasteiger partial charge >= 0.3 is 11.9 Å². The van der Waals surface area contributed by atoms with Crippen LogP contribution in [0, 0.1) is 0 Å². The molecule has 0 radical (unpaired) electrons. The predicted octanol–water partition coefficient (Wildman–Crippen LogP) is 3.69. The molecule has 0 saturated heterocycles. The van der Waals surface area contributed by atoms with Gasteiger partial charge in [0.15, 0.2) is 22.8 Å². The molecule has 11 nitrogen and oxygen atoms in total. The summed E-state index contributed by atoms with van der Waals surface area (Å²) >= 11 is 0. The zero-order chi connectivity index (χ0) is 28.4. The molecular formula is C29H20O11. The third kappa shape index (κ3) is 2.83. The lowest BCUT2D eigenvalue weighted by Gasteiger charge is -2.25. The molecule has 4 aromatic rings. The van der Waals surface area contributed by atoms with E-state index in [1.165, 1.54) is 19.2 Å². The van der Waals surface area contributed by atoms with Gasteiger partial charge in [-0.2, -0.15) is 0 Å². The maximum Gasteiger partial charge on any atom is 0.342 e. The predicted molar refractivity (Wildman–Crippen MR) is 136 cm³/mol. The highest BCUT2D eigenvalue weighted by atomic mass is 16.5. The number of phenolic OH excluding ortho intramolecular Hbond substituents is 3. The van der Waals surface area contributed by atoms with Gasteiger partial charge in [-0.1, -0.05) is 0 Å². The number of methoxy groups -OCH3 is 1. The number of carbonyl (C=O) groups excluding carboxylic acids is 4. The topological polar surface area (TPSA) is 170 Å². The molecular weight excluding hydrogens is 524 g/mol. The standard InChI is InChI=1S/C29H20O11/c1-8-4-10-6-12-16(22(32)14(10)28(35)38-8)24(34)18-19-25(40-27(18)21(12)31)17-13(20(30)26(19)37-3)7-11-5-9(2)39-29(36)15(11)23(17)33/h6-9,30,32-33H,4-5H2,1-3H3.